The van der Waals surface area contributed by atoms with Gasteiger partial charge in [0.25, 0.3) is 0 Å². The predicted molar refractivity (Wildman–Crippen MR) is 46.3 cm³/mol. The van der Waals surface area contributed by atoms with Gasteiger partial charge >= 0.3 is 6.47 Å². The number of hydrogen-bond donors (Lipinski definition) is 0. The second kappa shape index (κ2) is 6.00. The van der Waals surface area contributed by atoms with Gasteiger partial charge in [-0.2, -0.15) is 0 Å². The molecular formula is C9H17O3. The summed E-state index contributed by atoms with van der Waals surface area (Å²) < 4.78 is 10.1. The lowest BCUT2D eigenvalue weighted by molar-refractivity contribution is -0.180. The first-order valence-corrected chi connectivity index (χ1v) is 4.37. The zero-order valence-corrected chi connectivity index (χ0v) is 8.05. The molecule has 0 rings (SSSR count). The normalized spacial score (nSPS) is 15.2. The van der Waals surface area contributed by atoms with Crippen LogP contribution in [0.5, 0.6) is 0 Å². The predicted octanol–water partition coefficient (Wildman–Crippen LogP) is 2.01. The number of ether oxygens (including phenoxy) is 2. The first-order valence-electron chi connectivity index (χ1n) is 4.37. The summed E-state index contributed by atoms with van der Waals surface area (Å²) in [5.41, 5.74) is 0. The third kappa shape index (κ3) is 4.34. The third-order valence-corrected chi connectivity index (χ3v) is 1.81. The molecule has 0 bridgehead atoms. The second-order valence-corrected chi connectivity index (χ2v) is 2.87. The maximum absolute atomic E-state index is 9.98. The maximum atomic E-state index is 9.98. The molecule has 0 saturated carbocycles. The van der Waals surface area contributed by atoms with Gasteiger partial charge in [0.15, 0.2) is 0 Å². The fourth-order valence-corrected chi connectivity index (χ4v) is 0.724. The Labute approximate surface area is 74.0 Å². The monoisotopic (exact) mass is 173 g/mol. The number of hydrogen-bond acceptors (Lipinski definition) is 3. The fourth-order valence-electron chi connectivity index (χ4n) is 0.724. The Hall–Kier alpha value is -0.570. The van der Waals surface area contributed by atoms with E-state index in [1.54, 1.807) is 6.92 Å². The van der Waals surface area contributed by atoms with Crippen LogP contribution in [0.2, 0.25) is 0 Å². The van der Waals surface area contributed by atoms with Crippen LogP contribution in [0.4, 0.5) is 0 Å². The molecule has 0 aliphatic rings. The van der Waals surface area contributed by atoms with Gasteiger partial charge in [-0.3, -0.25) is 0 Å². The highest BCUT2D eigenvalue weighted by Crippen LogP contribution is 2.16. The van der Waals surface area contributed by atoms with Crippen LogP contribution in [0.15, 0.2) is 0 Å². The number of carbonyl (C=O) groups excluding carboxylic acids is 1. The molecule has 0 aliphatic heterocycles. The van der Waals surface area contributed by atoms with Crippen molar-refractivity contribution >= 4 is 6.47 Å². The van der Waals surface area contributed by atoms with Crippen molar-refractivity contribution in [3.05, 3.63) is 0 Å². The highest BCUT2D eigenvalue weighted by atomic mass is 16.7. The Kier molecular flexibility index (Phi) is 5.72. The molecule has 0 aliphatic carbocycles. The van der Waals surface area contributed by atoms with Crippen LogP contribution in [0, 0.1) is 0 Å². The second-order valence-electron chi connectivity index (χ2n) is 2.87. The first-order chi connectivity index (χ1) is 5.68. The summed E-state index contributed by atoms with van der Waals surface area (Å²) in [6.07, 6.45) is 2.70. The smallest absolute Gasteiger partial charge is 0.420 e. The van der Waals surface area contributed by atoms with Crippen molar-refractivity contribution in [2.45, 2.75) is 45.8 Å². The van der Waals surface area contributed by atoms with Gasteiger partial charge in [0.2, 0.25) is 5.79 Å². The molecular weight excluding hydrogens is 156 g/mol. The van der Waals surface area contributed by atoms with Gasteiger partial charge in [-0.1, -0.05) is 20.3 Å². The highest BCUT2D eigenvalue weighted by Gasteiger charge is 2.23. The van der Waals surface area contributed by atoms with Gasteiger partial charge in [0.1, 0.15) is 0 Å². The van der Waals surface area contributed by atoms with Crippen molar-refractivity contribution < 1.29 is 14.3 Å². The molecule has 1 unspecified atom stereocenters. The molecule has 0 aromatic heterocycles. The Morgan fingerprint density at radius 3 is 2.50 bits per heavy atom. The van der Waals surface area contributed by atoms with Gasteiger partial charge in [0, 0.05) is 13.3 Å². The van der Waals surface area contributed by atoms with E-state index in [4.69, 9.17) is 9.47 Å². The zero-order valence-electron chi connectivity index (χ0n) is 8.05. The number of rotatable bonds is 7. The summed E-state index contributed by atoms with van der Waals surface area (Å²) in [5.74, 6) is -0.781. The van der Waals surface area contributed by atoms with Gasteiger partial charge in [-0.05, 0) is 6.42 Å². The van der Waals surface area contributed by atoms with Gasteiger partial charge in [0.05, 0.1) is 6.61 Å². The largest absolute Gasteiger partial charge is 0.425 e. The van der Waals surface area contributed by atoms with Crippen LogP contribution in [0.1, 0.15) is 40.0 Å². The van der Waals surface area contributed by atoms with E-state index in [0.29, 0.717) is 13.0 Å². The standard InChI is InChI=1S/C9H17O3/c1-4-6-7-11-9(3,5-2)12-8-10/h4-7H2,1-3H3. The molecule has 0 aromatic carbocycles. The van der Waals surface area contributed by atoms with Crippen molar-refractivity contribution in [2.24, 2.45) is 0 Å². The molecule has 71 valence electrons. The topological polar surface area (TPSA) is 35.5 Å². The minimum atomic E-state index is -0.781. The van der Waals surface area contributed by atoms with Crippen molar-refractivity contribution in [3.63, 3.8) is 0 Å². The van der Waals surface area contributed by atoms with Gasteiger partial charge in [-0.25, -0.2) is 4.79 Å². The molecule has 0 fully saturated rings. The molecule has 0 spiro atoms. The molecule has 12 heavy (non-hydrogen) atoms. The average molecular weight is 173 g/mol. The van der Waals surface area contributed by atoms with Crippen LogP contribution in [0.25, 0.3) is 0 Å². The summed E-state index contributed by atoms with van der Waals surface area (Å²) in [7, 11) is 0. The molecule has 0 heterocycles. The molecule has 3 nitrogen and oxygen atoms in total. The van der Waals surface area contributed by atoms with Gasteiger partial charge in [-0.15, -0.1) is 0 Å². The van der Waals surface area contributed by atoms with E-state index < -0.39 is 5.79 Å². The quantitative estimate of drug-likeness (QED) is 0.436. The summed E-state index contributed by atoms with van der Waals surface area (Å²) in [6.45, 7) is 7.77. The van der Waals surface area contributed by atoms with E-state index in [0.717, 1.165) is 12.8 Å². The molecule has 1 atom stereocenters. The van der Waals surface area contributed by atoms with Crippen molar-refractivity contribution in [1.29, 1.82) is 0 Å². The SMILES string of the molecule is CCCCOC(C)(CC)O[C]=O. The van der Waals surface area contributed by atoms with Crippen molar-refractivity contribution in [3.8, 4) is 0 Å². The average Bonchev–Trinajstić information content (AvgIpc) is 2.06. The lowest BCUT2D eigenvalue weighted by atomic mass is 10.2. The Balaban J connectivity index is 3.70. The highest BCUT2D eigenvalue weighted by molar-refractivity contribution is 5.39. The fraction of sp³-hybridized carbons (Fsp3) is 0.889. The third-order valence-electron chi connectivity index (χ3n) is 1.81. The lowest BCUT2D eigenvalue weighted by Crippen LogP contribution is -2.31. The zero-order chi connectivity index (χ0) is 9.45. The van der Waals surface area contributed by atoms with E-state index in [2.05, 4.69) is 6.92 Å². The van der Waals surface area contributed by atoms with Crippen LogP contribution >= 0.6 is 0 Å². The summed E-state index contributed by atoms with van der Waals surface area (Å²) in [5, 5.41) is 0. The molecule has 0 saturated heterocycles. The van der Waals surface area contributed by atoms with Crippen LogP contribution < -0.4 is 0 Å². The lowest BCUT2D eigenvalue weighted by Gasteiger charge is -2.25. The molecule has 1 radical (unpaired) electrons. The minimum Gasteiger partial charge on any atom is -0.425 e. The Bertz CT molecular complexity index is 125. The van der Waals surface area contributed by atoms with E-state index in [9.17, 15) is 4.79 Å². The maximum Gasteiger partial charge on any atom is 0.420 e. The summed E-state index contributed by atoms with van der Waals surface area (Å²) in [4.78, 5) is 9.98. The van der Waals surface area contributed by atoms with Crippen LogP contribution in [-0.4, -0.2) is 18.9 Å². The first kappa shape index (κ1) is 11.4. The molecule has 0 amide bonds. The Morgan fingerprint density at radius 2 is 2.08 bits per heavy atom. The van der Waals surface area contributed by atoms with Crippen LogP contribution in [-0.2, 0) is 14.3 Å². The molecule has 0 N–H and O–H groups in total. The van der Waals surface area contributed by atoms with E-state index in [1.165, 1.54) is 6.47 Å². The number of unbranched alkanes of at least 4 members (excludes halogenated alkanes) is 1. The van der Waals surface area contributed by atoms with Crippen LogP contribution in [0.3, 0.4) is 0 Å². The summed E-state index contributed by atoms with van der Waals surface area (Å²) in [6, 6.07) is 0. The minimum absolute atomic E-state index is 0.628. The Morgan fingerprint density at radius 1 is 1.42 bits per heavy atom. The van der Waals surface area contributed by atoms with Crippen molar-refractivity contribution in [1.82, 2.24) is 0 Å². The summed E-state index contributed by atoms with van der Waals surface area (Å²) >= 11 is 0. The van der Waals surface area contributed by atoms with Gasteiger partial charge < -0.3 is 9.47 Å². The molecule has 3 heteroatoms. The van der Waals surface area contributed by atoms with E-state index in [-0.39, 0.29) is 0 Å². The van der Waals surface area contributed by atoms with E-state index in [1.807, 2.05) is 6.92 Å². The molecule has 0 aromatic rings. The van der Waals surface area contributed by atoms with Crippen molar-refractivity contribution in [2.75, 3.05) is 6.61 Å². The van der Waals surface area contributed by atoms with E-state index >= 15 is 0 Å².